The molecule has 0 aliphatic heterocycles. The van der Waals surface area contributed by atoms with Gasteiger partial charge in [0.1, 0.15) is 11.5 Å². The largest absolute Gasteiger partial charge is 0.465 e. The molecule has 0 spiro atoms. The van der Waals surface area contributed by atoms with E-state index in [-0.39, 0.29) is 0 Å². The molecule has 1 aromatic rings. The molecule has 0 amide bonds. The van der Waals surface area contributed by atoms with Gasteiger partial charge in [-0.1, -0.05) is 0 Å². The highest BCUT2D eigenvalue weighted by Gasteiger charge is 1.96. The smallest absolute Gasteiger partial charge is 0.117 e. The molecule has 0 aliphatic carbocycles. The zero-order valence-electron chi connectivity index (χ0n) is 8.68. The Morgan fingerprint density at radius 1 is 1.43 bits per heavy atom. The minimum atomic E-state index is 0.809. The Bertz CT molecular complexity index is 296. The number of hydrogen-bond acceptors (Lipinski definition) is 2. The molecule has 0 unspecified atom stereocenters. The number of nitrogens with one attached hydrogen (secondary N) is 1. The van der Waals surface area contributed by atoms with Gasteiger partial charge in [-0.15, -0.1) is 12.3 Å². The molecule has 1 N–H and O–H groups in total. The van der Waals surface area contributed by atoms with Crippen molar-refractivity contribution in [1.29, 1.82) is 0 Å². The van der Waals surface area contributed by atoms with Gasteiger partial charge in [0.15, 0.2) is 0 Å². The monoisotopic (exact) mass is 191 g/mol. The third kappa shape index (κ3) is 4.15. The number of hydrogen-bond donors (Lipinski definition) is 1. The van der Waals surface area contributed by atoms with Crippen LogP contribution in [0.15, 0.2) is 16.5 Å². The van der Waals surface area contributed by atoms with Crippen LogP contribution in [0.1, 0.15) is 30.8 Å². The first-order chi connectivity index (χ1) is 6.83. The standard InChI is InChI=1S/C12H17NO/c1-3-4-5-6-9-13-10-12-8-7-11(2)14-12/h1,7-8,13H,4-6,9-10H2,2H3. The van der Waals surface area contributed by atoms with E-state index >= 15 is 0 Å². The zero-order chi connectivity index (χ0) is 10.2. The molecule has 76 valence electrons. The van der Waals surface area contributed by atoms with Gasteiger partial charge in [0.05, 0.1) is 6.54 Å². The summed E-state index contributed by atoms with van der Waals surface area (Å²) in [5.41, 5.74) is 0. The lowest BCUT2D eigenvalue weighted by Gasteiger charge is -2.00. The highest BCUT2D eigenvalue weighted by molar-refractivity contribution is 5.04. The van der Waals surface area contributed by atoms with Crippen LogP contribution in [0.2, 0.25) is 0 Å². The second kappa shape index (κ2) is 6.28. The van der Waals surface area contributed by atoms with Crippen LogP contribution in [0.5, 0.6) is 0 Å². The molecule has 0 saturated carbocycles. The Balaban J connectivity index is 2.02. The Morgan fingerprint density at radius 3 is 2.93 bits per heavy atom. The molecule has 2 nitrogen and oxygen atoms in total. The summed E-state index contributed by atoms with van der Waals surface area (Å²) in [7, 11) is 0. The van der Waals surface area contributed by atoms with E-state index in [1.165, 1.54) is 0 Å². The van der Waals surface area contributed by atoms with Crippen molar-refractivity contribution in [2.45, 2.75) is 32.7 Å². The average molecular weight is 191 g/mol. The Morgan fingerprint density at radius 2 is 2.29 bits per heavy atom. The highest BCUT2D eigenvalue weighted by atomic mass is 16.3. The molecule has 0 radical (unpaired) electrons. The lowest BCUT2D eigenvalue weighted by molar-refractivity contribution is 0.459. The topological polar surface area (TPSA) is 25.2 Å². The summed E-state index contributed by atoms with van der Waals surface area (Å²) in [4.78, 5) is 0. The molecular formula is C12H17NO. The van der Waals surface area contributed by atoms with Crippen molar-refractivity contribution in [3.8, 4) is 12.3 Å². The van der Waals surface area contributed by atoms with E-state index in [4.69, 9.17) is 10.8 Å². The first-order valence-electron chi connectivity index (χ1n) is 5.02. The second-order valence-electron chi connectivity index (χ2n) is 3.35. The maximum Gasteiger partial charge on any atom is 0.117 e. The molecule has 0 bridgehead atoms. The fraction of sp³-hybridized carbons (Fsp3) is 0.500. The van der Waals surface area contributed by atoms with Crippen LogP contribution in [-0.2, 0) is 6.54 Å². The van der Waals surface area contributed by atoms with Gasteiger partial charge >= 0.3 is 0 Å². The average Bonchev–Trinajstić information content (AvgIpc) is 2.58. The Hall–Kier alpha value is -1.20. The van der Waals surface area contributed by atoms with Crippen LogP contribution in [-0.4, -0.2) is 6.54 Å². The number of aryl methyl sites for hydroxylation is 1. The van der Waals surface area contributed by atoms with Gasteiger partial charge in [-0.05, 0) is 38.4 Å². The third-order valence-corrected chi connectivity index (χ3v) is 2.02. The predicted molar refractivity (Wildman–Crippen MR) is 57.8 cm³/mol. The zero-order valence-corrected chi connectivity index (χ0v) is 8.68. The summed E-state index contributed by atoms with van der Waals surface area (Å²) >= 11 is 0. The summed E-state index contributed by atoms with van der Waals surface area (Å²) < 4.78 is 5.42. The van der Waals surface area contributed by atoms with Crippen molar-refractivity contribution in [3.63, 3.8) is 0 Å². The summed E-state index contributed by atoms with van der Waals surface area (Å²) in [6.45, 7) is 3.77. The fourth-order valence-corrected chi connectivity index (χ4v) is 1.27. The molecule has 1 rings (SSSR count). The highest BCUT2D eigenvalue weighted by Crippen LogP contribution is 2.05. The molecule has 0 fully saturated rings. The molecule has 2 heteroatoms. The lowest BCUT2D eigenvalue weighted by atomic mass is 10.2. The van der Waals surface area contributed by atoms with Gasteiger partial charge in [0.2, 0.25) is 0 Å². The second-order valence-corrected chi connectivity index (χ2v) is 3.35. The van der Waals surface area contributed by atoms with Crippen LogP contribution < -0.4 is 5.32 Å². The lowest BCUT2D eigenvalue weighted by Crippen LogP contribution is -2.13. The molecule has 0 saturated heterocycles. The van der Waals surface area contributed by atoms with Crippen molar-refractivity contribution < 1.29 is 4.42 Å². The molecule has 14 heavy (non-hydrogen) atoms. The summed E-state index contributed by atoms with van der Waals surface area (Å²) in [5.74, 6) is 4.60. The van der Waals surface area contributed by atoms with E-state index < -0.39 is 0 Å². The van der Waals surface area contributed by atoms with Crippen molar-refractivity contribution in [2.75, 3.05) is 6.54 Å². The van der Waals surface area contributed by atoms with Gasteiger partial charge in [-0.2, -0.15) is 0 Å². The Kier molecular flexibility index (Phi) is 4.88. The number of rotatable bonds is 6. The van der Waals surface area contributed by atoms with E-state index in [1.54, 1.807) is 0 Å². The summed E-state index contributed by atoms with van der Waals surface area (Å²) in [5, 5.41) is 3.31. The normalized spacial score (nSPS) is 10.0. The van der Waals surface area contributed by atoms with Crippen LogP contribution >= 0.6 is 0 Å². The van der Waals surface area contributed by atoms with Crippen LogP contribution in [0.25, 0.3) is 0 Å². The molecule has 0 aliphatic rings. The Labute approximate surface area is 85.7 Å². The molecule has 1 heterocycles. The van der Waals surface area contributed by atoms with E-state index in [9.17, 15) is 0 Å². The summed E-state index contributed by atoms with van der Waals surface area (Å²) in [6.07, 6.45) is 8.25. The van der Waals surface area contributed by atoms with Crippen molar-refractivity contribution >= 4 is 0 Å². The quantitative estimate of drug-likeness (QED) is 0.552. The minimum Gasteiger partial charge on any atom is -0.465 e. The fourth-order valence-electron chi connectivity index (χ4n) is 1.27. The van der Waals surface area contributed by atoms with Crippen molar-refractivity contribution in [3.05, 3.63) is 23.7 Å². The van der Waals surface area contributed by atoms with Gasteiger partial charge in [0.25, 0.3) is 0 Å². The molecule has 0 atom stereocenters. The van der Waals surface area contributed by atoms with Crippen molar-refractivity contribution in [1.82, 2.24) is 5.32 Å². The molecular weight excluding hydrogens is 174 g/mol. The van der Waals surface area contributed by atoms with Crippen LogP contribution in [0.3, 0.4) is 0 Å². The van der Waals surface area contributed by atoms with E-state index in [0.717, 1.165) is 43.9 Å². The first-order valence-corrected chi connectivity index (χ1v) is 5.02. The van der Waals surface area contributed by atoms with Gasteiger partial charge in [0, 0.05) is 6.42 Å². The first kappa shape index (κ1) is 10.9. The van der Waals surface area contributed by atoms with E-state index in [0.29, 0.717) is 0 Å². The summed E-state index contributed by atoms with van der Waals surface area (Å²) in [6, 6.07) is 3.99. The molecule has 0 aromatic carbocycles. The number of furan rings is 1. The van der Waals surface area contributed by atoms with Gasteiger partial charge in [-0.25, -0.2) is 0 Å². The minimum absolute atomic E-state index is 0.809. The maximum atomic E-state index is 5.42. The van der Waals surface area contributed by atoms with Crippen LogP contribution in [0.4, 0.5) is 0 Å². The number of unbranched alkanes of at least 4 members (excludes halogenated alkanes) is 2. The maximum absolute atomic E-state index is 5.42. The van der Waals surface area contributed by atoms with Crippen molar-refractivity contribution in [2.24, 2.45) is 0 Å². The van der Waals surface area contributed by atoms with Gasteiger partial charge in [-0.3, -0.25) is 0 Å². The van der Waals surface area contributed by atoms with Gasteiger partial charge < -0.3 is 9.73 Å². The van der Waals surface area contributed by atoms with E-state index in [2.05, 4.69) is 11.2 Å². The SMILES string of the molecule is C#CCCCCNCc1ccc(C)o1. The van der Waals surface area contributed by atoms with E-state index in [1.807, 2.05) is 19.1 Å². The molecule has 1 aromatic heterocycles. The predicted octanol–water partition coefficient (Wildman–Crippen LogP) is 2.48. The third-order valence-electron chi connectivity index (χ3n) is 2.02. The van der Waals surface area contributed by atoms with Crippen LogP contribution in [0, 0.1) is 19.3 Å². The number of terminal acetylenes is 1.